The Kier molecular flexibility index (Phi) is 3.27. The van der Waals surface area contributed by atoms with Crippen LogP contribution in [-0.4, -0.2) is 39.6 Å². The Bertz CT molecular complexity index is 631. The van der Waals surface area contributed by atoms with E-state index in [-0.39, 0.29) is 5.91 Å². The predicted molar refractivity (Wildman–Crippen MR) is 69.0 cm³/mol. The van der Waals surface area contributed by atoms with Gasteiger partial charge in [0, 0.05) is 20.1 Å². The number of amides is 1. The van der Waals surface area contributed by atoms with Gasteiger partial charge >= 0.3 is 0 Å². The number of carbonyl (C=O) groups excluding carboxylic acids is 1. The first-order valence-corrected chi connectivity index (χ1v) is 6.45. The van der Waals surface area contributed by atoms with Crippen molar-refractivity contribution in [3.05, 3.63) is 34.7 Å². The van der Waals surface area contributed by atoms with E-state index >= 15 is 0 Å². The zero-order valence-electron chi connectivity index (χ0n) is 11.5. The lowest BCUT2D eigenvalue weighted by Crippen LogP contribution is -2.36. The van der Waals surface area contributed by atoms with Crippen LogP contribution in [0.5, 0.6) is 0 Å². The molecule has 0 fully saturated rings. The van der Waals surface area contributed by atoms with Crippen molar-refractivity contribution < 1.29 is 14.1 Å². The summed E-state index contributed by atoms with van der Waals surface area (Å²) in [5.41, 5.74) is 3.07. The van der Waals surface area contributed by atoms with Crippen molar-refractivity contribution >= 4 is 5.91 Å². The normalized spacial score (nSPS) is 14.4. The summed E-state index contributed by atoms with van der Waals surface area (Å²) in [7, 11) is 1.58. The lowest BCUT2D eigenvalue weighted by Gasteiger charge is -2.25. The molecule has 1 amide bonds. The van der Waals surface area contributed by atoms with E-state index in [4.69, 9.17) is 9.26 Å². The van der Waals surface area contributed by atoms with Gasteiger partial charge in [0.25, 0.3) is 5.91 Å². The number of aryl methyl sites for hydroxylation is 1. The van der Waals surface area contributed by atoms with E-state index in [1.54, 1.807) is 25.3 Å². The van der Waals surface area contributed by atoms with E-state index < -0.39 is 0 Å². The Hall–Kier alpha value is -2.15. The fourth-order valence-corrected chi connectivity index (χ4v) is 2.41. The molecule has 1 aliphatic rings. The standard InChI is InChI=1S/C13H16N4O3/c1-8-9(6-19-2)12(16-20-8)13(18)17-4-3-10-11(5-17)15-7-14-10/h7H,3-6H2,1-2H3,(H,14,15). The molecule has 3 heterocycles. The third kappa shape index (κ3) is 2.09. The predicted octanol–water partition coefficient (Wildman–Crippen LogP) is 1.05. The summed E-state index contributed by atoms with van der Waals surface area (Å²) in [4.78, 5) is 21.6. The molecule has 0 bridgehead atoms. The van der Waals surface area contributed by atoms with Gasteiger partial charge in [0.2, 0.25) is 0 Å². The molecule has 0 unspecified atom stereocenters. The molecular formula is C13H16N4O3. The molecule has 0 radical (unpaired) electrons. The maximum Gasteiger partial charge on any atom is 0.276 e. The van der Waals surface area contributed by atoms with Gasteiger partial charge in [0.1, 0.15) is 5.76 Å². The first kappa shape index (κ1) is 12.9. The van der Waals surface area contributed by atoms with Crippen LogP contribution in [0, 0.1) is 6.92 Å². The van der Waals surface area contributed by atoms with Crippen LogP contribution in [-0.2, 0) is 24.3 Å². The van der Waals surface area contributed by atoms with Crippen LogP contribution in [0.3, 0.4) is 0 Å². The van der Waals surface area contributed by atoms with Gasteiger partial charge in [-0.15, -0.1) is 0 Å². The fraction of sp³-hybridized carbons (Fsp3) is 0.462. The summed E-state index contributed by atoms with van der Waals surface area (Å²) in [6.07, 6.45) is 2.41. The topological polar surface area (TPSA) is 84.2 Å². The number of aromatic nitrogens is 3. The zero-order valence-corrected chi connectivity index (χ0v) is 11.5. The number of hydrogen-bond donors (Lipinski definition) is 1. The maximum atomic E-state index is 12.6. The van der Waals surface area contributed by atoms with Gasteiger partial charge in [0.15, 0.2) is 5.69 Å². The van der Waals surface area contributed by atoms with E-state index in [9.17, 15) is 4.79 Å². The molecule has 0 spiro atoms. The van der Waals surface area contributed by atoms with Gasteiger partial charge in [-0.3, -0.25) is 4.79 Å². The Balaban J connectivity index is 1.83. The average Bonchev–Trinajstić information content (AvgIpc) is 3.05. The molecule has 2 aromatic heterocycles. The average molecular weight is 276 g/mol. The molecule has 7 nitrogen and oxygen atoms in total. The van der Waals surface area contributed by atoms with Crippen molar-refractivity contribution in [3.8, 4) is 0 Å². The van der Waals surface area contributed by atoms with Crippen molar-refractivity contribution in [1.29, 1.82) is 0 Å². The van der Waals surface area contributed by atoms with Crippen molar-refractivity contribution in [2.24, 2.45) is 0 Å². The zero-order chi connectivity index (χ0) is 14.1. The van der Waals surface area contributed by atoms with E-state index in [0.717, 1.165) is 17.8 Å². The second kappa shape index (κ2) is 5.09. The highest BCUT2D eigenvalue weighted by molar-refractivity contribution is 5.93. The number of hydrogen-bond acceptors (Lipinski definition) is 5. The minimum absolute atomic E-state index is 0.130. The van der Waals surface area contributed by atoms with Gasteiger partial charge in [-0.25, -0.2) is 4.98 Å². The lowest BCUT2D eigenvalue weighted by atomic mass is 10.1. The van der Waals surface area contributed by atoms with Crippen LogP contribution in [0.15, 0.2) is 10.9 Å². The van der Waals surface area contributed by atoms with E-state index in [1.807, 2.05) is 0 Å². The van der Waals surface area contributed by atoms with Crippen LogP contribution in [0.25, 0.3) is 0 Å². The van der Waals surface area contributed by atoms with Crippen LogP contribution in [0.4, 0.5) is 0 Å². The third-order valence-corrected chi connectivity index (χ3v) is 3.54. The molecular weight excluding hydrogens is 260 g/mol. The minimum atomic E-state index is -0.130. The lowest BCUT2D eigenvalue weighted by molar-refractivity contribution is 0.0717. The molecule has 20 heavy (non-hydrogen) atoms. The largest absolute Gasteiger partial charge is 0.380 e. The molecule has 0 saturated carbocycles. The number of methoxy groups -OCH3 is 1. The van der Waals surface area contributed by atoms with Crippen molar-refractivity contribution in [3.63, 3.8) is 0 Å². The Morgan fingerprint density at radius 2 is 2.45 bits per heavy atom. The summed E-state index contributed by atoms with van der Waals surface area (Å²) in [5, 5.41) is 3.88. The SMILES string of the molecule is COCc1c(C(=O)N2CCc3nc[nH]c3C2)noc1C. The van der Waals surface area contributed by atoms with Crippen LogP contribution < -0.4 is 0 Å². The maximum absolute atomic E-state index is 12.6. The molecule has 3 rings (SSSR count). The molecule has 0 saturated heterocycles. The van der Waals surface area contributed by atoms with Gasteiger partial charge in [-0.2, -0.15) is 0 Å². The second-order valence-electron chi connectivity index (χ2n) is 4.80. The number of nitrogens with one attached hydrogen (secondary N) is 1. The molecule has 0 aromatic carbocycles. The summed E-state index contributed by atoms with van der Waals surface area (Å²) in [6.45, 7) is 3.25. The first-order valence-electron chi connectivity index (χ1n) is 6.45. The first-order chi connectivity index (χ1) is 9.70. The molecule has 7 heteroatoms. The third-order valence-electron chi connectivity index (χ3n) is 3.54. The Morgan fingerprint density at radius 1 is 1.60 bits per heavy atom. The second-order valence-corrected chi connectivity index (χ2v) is 4.80. The molecule has 106 valence electrons. The monoisotopic (exact) mass is 276 g/mol. The summed E-state index contributed by atoms with van der Waals surface area (Å²) < 4.78 is 10.2. The van der Waals surface area contributed by atoms with Crippen LogP contribution >= 0.6 is 0 Å². The van der Waals surface area contributed by atoms with E-state index in [0.29, 0.717) is 36.7 Å². The molecule has 0 atom stereocenters. The van der Waals surface area contributed by atoms with E-state index in [2.05, 4.69) is 15.1 Å². The number of H-pyrrole nitrogens is 1. The van der Waals surface area contributed by atoms with Gasteiger partial charge < -0.3 is 19.1 Å². The molecule has 0 aliphatic carbocycles. The highest BCUT2D eigenvalue weighted by atomic mass is 16.5. The number of rotatable bonds is 3. The smallest absolute Gasteiger partial charge is 0.276 e. The minimum Gasteiger partial charge on any atom is -0.380 e. The number of imidazole rings is 1. The number of fused-ring (bicyclic) bond motifs is 1. The number of ether oxygens (including phenoxy) is 1. The van der Waals surface area contributed by atoms with Crippen molar-refractivity contribution in [1.82, 2.24) is 20.0 Å². The highest BCUT2D eigenvalue weighted by Crippen LogP contribution is 2.20. The molecule has 2 aromatic rings. The number of aromatic amines is 1. The number of carbonyl (C=O) groups is 1. The van der Waals surface area contributed by atoms with Crippen molar-refractivity contribution in [2.45, 2.75) is 26.5 Å². The van der Waals surface area contributed by atoms with Crippen molar-refractivity contribution in [2.75, 3.05) is 13.7 Å². The molecule has 1 aliphatic heterocycles. The Labute approximate surface area is 115 Å². The van der Waals surface area contributed by atoms with Gasteiger partial charge in [0.05, 0.1) is 36.4 Å². The quantitative estimate of drug-likeness (QED) is 0.905. The van der Waals surface area contributed by atoms with Crippen LogP contribution in [0.1, 0.15) is 33.2 Å². The van der Waals surface area contributed by atoms with E-state index in [1.165, 1.54) is 0 Å². The fourth-order valence-electron chi connectivity index (χ4n) is 2.41. The number of nitrogens with zero attached hydrogens (tertiary/aromatic N) is 3. The van der Waals surface area contributed by atoms with Gasteiger partial charge in [-0.05, 0) is 6.92 Å². The Morgan fingerprint density at radius 3 is 3.25 bits per heavy atom. The summed E-state index contributed by atoms with van der Waals surface area (Å²) >= 11 is 0. The van der Waals surface area contributed by atoms with Crippen LogP contribution in [0.2, 0.25) is 0 Å². The molecule has 1 N–H and O–H groups in total. The summed E-state index contributed by atoms with van der Waals surface area (Å²) in [6, 6.07) is 0. The van der Waals surface area contributed by atoms with Gasteiger partial charge in [-0.1, -0.05) is 5.16 Å². The highest BCUT2D eigenvalue weighted by Gasteiger charge is 2.28. The summed E-state index contributed by atoms with van der Waals surface area (Å²) in [5.74, 6) is 0.489.